The molecule has 140 valence electrons. The monoisotopic (exact) mass is 487 g/mol. The molecule has 0 atom stereocenters. The minimum Gasteiger partial charge on any atom is -0.487 e. The molecular weight excluding hydrogens is 466 g/mol. The van der Waals surface area contributed by atoms with Crippen LogP contribution in [-0.4, -0.2) is 0 Å². The van der Waals surface area contributed by atoms with Gasteiger partial charge in [-0.1, -0.05) is 42.0 Å². The minimum absolute atomic E-state index is 0.539. The molecule has 0 saturated carbocycles. The molecule has 0 aliphatic heterocycles. The van der Waals surface area contributed by atoms with Crippen molar-refractivity contribution in [2.45, 2.75) is 33.9 Å². The van der Waals surface area contributed by atoms with E-state index < -0.39 is 0 Å². The van der Waals surface area contributed by atoms with E-state index in [9.17, 15) is 0 Å². The zero-order valence-electron chi connectivity index (χ0n) is 15.8. The number of benzene rings is 3. The molecule has 0 aliphatic carbocycles. The zero-order chi connectivity index (χ0) is 19.4. The van der Waals surface area contributed by atoms with Crippen molar-refractivity contribution in [3.8, 4) is 5.75 Å². The average Bonchev–Trinajstić information content (AvgIpc) is 2.64. The Balaban J connectivity index is 1.68. The zero-order valence-corrected chi connectivity index (χ0v) is 18.9. The summed E-state index contributed by atoms with van der Waals surface area (Å²) in [5, 5.41) is 3.52. The van der Waals surface area contributed by atoms with Gasteiger partial charge in [0.2, 0.25) is 0 Å². The number of hydrogen-bond donors (Lipinski definition) is 1. The SMILES string of the molecule is Cc1ccc(COc2c(Br)cc(CNc3cccc(C)c3C)cc2Br)cc1. The van der Waals surface area contributed by atoms with E-state index in [1.54, 1.807) is 0 Å². The van der Waals surface area contributed by atoms with Gasteiger partial charge in [-0.25, -0.2) is 0 Å². The van der Waals surface area contributed by atoms with E-state index in [1.807, 2.05) is 0 Å². The first-order valence-electron chi connectivity index (χ1n) is 8.90. The Bertz CT molecular complexity index is 913. The summed E-state index contributed by atoms with van der Waals surface area (Å²) in [6.07, 6.45) is 0. The van der Waals surface area contributed by atoms with Gasteiger partial charge in [0, 0.05) is 12.2 Å². The van der Waals surface area contributed by atoms with Gasteiger partial charge in [0.1, 0.15) is 12.4 Å². The van der Waals surface area contributed by atoms with Crippen molar-refractivity contribution in [3.63, 3.8) is 0 Å². The lowest BCUT2D eigenvalue weighted by Gasteiger charge is -2.15. The quantitative estimate of drug-likeness (QED) is 0.392. The van der Waals surface area contributed by atoms with Crippen LogP contribution in [0.2, 0.25) is 0 Å². The third-order valence-electron chi connectivity index (χ3n) is 4.65. The van der Waals surface area contributed by atoms with Crippen molar-refractivity contribution in [2.24, 2.45) is 0 Å². The summed E-state index contributed by atoms with van der Waals surface area (Å²) < 4.78 is 7.92. The summed E-state index contributed by atoms with van der Waals surface area (Å²) in [4.78, 5) is 0. The molecule has 0 aliphatic rings. The number of nitrogens with one attached hydrogen (secondary N) is 1. The van der Waals surface area contributed by atoms with Gasteiger partial charge >= 0.3 is 0 Å². The first-order chi connectivity index (χ1) is 12.9. The lowest BCUT2D eigenvalue weighted by Crippen LogP contribution is -2.03. The third-order valence-corrected chi connectivity index (χ3v) is 5.83. The summed E-state index contributed by atoms with van der Waals surface area (Å²) in [5.41, 5.74) is 7.33. The second-order valence-corrected chi connectivity index (χ2v) is 8.47. The largest absolute Gasteiger partial charge is 0.487 e. The Morgan fingerprint density at radius 1 is 0.852 bits per heavy atom. The van der Waals surface area contributed by atoms with Gasteiger partial charge < -0.3 is 10.1 Å². The molecule has 3 rings (SSSR count). The van der Waals surface area contributed by atoms with Gasteiger partial charge in [-0.15, -0.1) is 0 Å². The van der Waals surface area contributed by atoms with Gasteiger partial charge in [-0.3, -0.25) is 0 Å². The molecule has 0 amide bonds. The summed E-state index contributed by atoms with van der Waals surface area (Å²) in [7, 11) is 0. The summed E-state index contributed by atoms with van der Waals surface area (Å²) in [6, 6.07) is 18.9. The lowest BCUT2D eigenvalue weighted by molar-refractivity contribution is 0.302. The van der Waals surface area contributed by atoms with Gasteiger partial charge in [0.25, 0.3) is 0 Å². The molecule has 0 spiro atoms. The maximum atomic E-state index is 6.03. The maximum Gasteiger partial charge on any atom is 0.148 e. The van der Waals surface area contributed by atoms with Gasteiger partial charge in [0.15, 0.2) is 0 Å². The Hall–Kier alpha value is -1.78. The van der Waals surface area contributed by atoms with E-state index >= 15 is 0 Å². The number of halogens is 2. The summed E-state index contributed by atoms with van der Waals surface area (Å²) in [6.45, 7) is 7.65. The van der Waals surface area contributed by atoms with Crippen LogP contribution < -0.4 is 10.1 Å². The fourth-order valence-corrected chi connectivity index (χ4v) is 4.34. The molecule has 4 heteroatoms. The normalized spacial score (nSPS) is 10.7. The molecule has 0 saturated heterocycles. The van der Waals surface area contributed by atoms with Crippen LogP contribution in [0.1, 0.15) is 27.8 Å². The molecule has 3 aromatic carbocycles. The number of hydrogen-bond acceptors (Lipinski definition) is 2. The van der Waals surface area contributed by atoms with E-state index in [-0.39, 0.29) is 0 Å². The molecule has 3 aromatic rings. The fourth-order valence-electron chi connectivity index (χ4n) is 2.83. The topological polar surface area (TPSA) is 21.3 Å². The van der Waals surface area contributed by atoms with E-state index in [1.165, 1.54) is 27.9 Å². The first kappa shape index (κ1) is 20.0. The molecule has 0 unspecified atom stereocenters. The number of rotatable bonds is 6. The van der Waals surface area contributed by atoms with Gasteiger partial charge in [0.05, 0.1) is 8.95 Å². The van der Waals surface area contributed by atoms with E-state index in [2.05, 4.69) is 113 Å². The average molecular weight is 489 g/mol. The van der Waals surface area contributed by atoms with E-state index in [0.717, 1.165) is 26.8 Å². The Labute approximate surface area is 178 Å². The second-order valence-electron chi connectivity index (χ2n) is 6.76. The van der Waals surface area contributed by atoms with Gasteiger partial charge in [-0.2, -0.15) is 0 Å². The molecule has 0 heterocycles. The molecule has 0 radical (unpaired) electrons. The number of ether oxygens (including phenoxy) is 1. The van der Waals surface area contributed by atoms with E-state index in [4.69, 9.17) is 4.74 Å². The number of aryl methyl sites for hydroxylation is 2. The van der Waals surface area contributed by atoms with Crippen molar-refractivity contribution in [1.29, 1.82) is 0 Å². The minimum atomic E-state index is 0.539. The van der Waals surface area contributed by atoms with Crippen molar-refractivity contribution in [2.75, 3.05) is 5.32 Å². The second kappa shape index (κ2) is 8.94. The van der Waals surface area contributed by atoms with Crippen LogP contribution in [0.15, 0.2) is 63.5 Å². The lowest BCUT2D eigenvalue weighted by atomic mass is 10.1. The molecular formula is C23H23Br2NO. The Morgan fingerprint density at radius 3 is 2.19 bits per heavy atom. The van der Waals surface area contributed by atoms with Crippen LogP contribution in [0.25, 0.3) is 0 Å². The van der Waals surface area contributed by atoms with Crippen LogP contribution in [0.5, 0.6) is 5.75 Å². The first-order valence-corrected chi connectivity index (χ1v) is 10.5. The molecule has 0 bridgehead atoms. The van der Waals surface area contributed by atoms with Gasteiger partial charge in [-0.05, 0) is 93.1 Å². The predicted molar refractivity (Wildman–Crippen MR) is 121 cm³/mol. The predicted octanol–water partition coefficient (Wildman–Crippen LogP) is 7.33. The van der Waals surface area contributed by atoms with Crippen molar-refractivity contribution in [3.05, 3.63) is 91.4 Å². The Kier molecular flexibility index (Phi) is 6.61. The highest BCUT2D eigenvalue weighted by molar-refractivity contribution is 9.11. The molecule has 27 heavy (non-hydrogen) atoms. The maximum absolute atomic E-state index is 6.03. The molecule has 0 aromatic heterocycles. The highest BCUT2D eigenvalue weighted by atomic mass is 79.9. The van der Waals surface area contributed by atoms with Crippen LogP contribution >= 0.6 is 31.9 Å². The van der Waals surface area contributed by atoms with Crippen molar-refractivity contribution < 1.29 is 4.74 Å². The Morgan fingerprint density at radius 2 is 1.52 bits per heavy atom. The standard InChI is InChI=1S/C23H23Br2NO/c1-15-7-9-18(10-8-15)14-27-23-20(24)11-19(12-21(23)25)13-26-22-6-4-5-16(2)17(22)3/h4-12,26H,13-14H2,1-3H3. The molecule has 0 fully saturated rings. The van der Waals surface area contributed by atoms with Crippen LogP contribution in [0.4, 0.5) is 5.69 Å². The highest BCUT2D eigenvalue weighted by Gasteiger charge is 2.10. The van der Waals surface area contributed by atoms with Crippen LogP contribution in [-0.2, 0) is 13.2 Å². The molecule has 1 N–H and O–H groups in total. The highest BCUT2D eigenvalue weighted by Crippen LogP contribution is 2.35. The van der Waals surface area contributed by atoms with Crippen LogP contribution in [0.3, 0.4) is 0 Å². The fraction of sp³-hybridized carbons (Fsp3) is 0.217. The summed E-state index contributed by atoms with van der Waals surface area (Å²) >= 11 is 7.31. The summed E-state index contributed by atoms with van der Waals surface area (Å²) in [5.74, 6) is 0.825. The number of anilines is 1. The van der Waals surface area contributed by atoms with Crippen molar-refractivity contribution >= 4 is 37.5 Å². The smallest absolute Gasteiger partial charge is 0.148 e. The van der Waals surface area contributed by atoms with E-state index in [0.29, 0.717) is 6.61 Å². The van der Waals surface area contributed by atoms with Crippen LogP contribution in [0, 0.1) is 20.8 Å². The van der Waals surface area contributed by atoms with Crippen molar-refractivity contribution in [1.82, 2.24) is 0 Å². The third kappa shape index (κ3) is 5.14. The molecule has 2 nitrogen and oxygen atoms in total.